The van der Waals surface area contributed by atoms with Crippen molar-refractivity contribution in [3.63, 3.8) is 0 Å². The van der Waals surface area contributed by atoms with Gasteiger partial charge in [-0.15, -0.1) is 0 Å². The zero-order chi connectivity index (χ0) is 24.2. The van der Waals surface area contributed by atoms with Crippen molar-refractivity contribution in [2.45, 2.75) is 117 Å². The molecule has 0 radical (unpaired) electrons. The number of rotatable bonds is 7. The zero-order valence-electron chi connectivity index (χ0n) is 21.3. The average Bonchev–Trinajstić information content (AvgIpc) is 3.03. The minimum Gasteiger partial charge on any atom is -0.390 e. The quantitative estimate of drug-likeness (QED) is 0.327. The van der Waals surface area contributed by atoms with E-state index in [0.717, 1.165) is 43.4 Å². The fourth-order valence-corrected chi connectivity index (χ4v) is 9.42. The number of hydrogen-bond acceptors (Lipinski definition) is 4. The predicted octanol–water partition coefficient (Wildman–Crippen LogP) is 6.33. The van der Waals surface area contributed by atoms with Crippen molar-refractivity contribution >= 4 is 10.4 Å². The molecule has 8 atom stereocenters. The van der Waals surface area contributed by atoms with Crippen molar-refractivity contribution in [2.75, 3.05) is 0 Å². The number of fused-ring (bicyclic) bond motifs is 5. The highest BCUT2D eigenvalue weighted by Gasteiger charge is 2.59. The van der Waals surface area contributed by atoms with Crippen LogP contribution in [0.25, 0.3) is 0 Å². The summed E-state index contributed by atoms with van der Waals surface area (Å²) in [6, 6.07) is 0. The molecule has 0 heterocycles. The van der Waals surface area contributed by atoms with E-state index in [1.807, 2.05) is 13.8 Å². The first-order chi connectivity index (χ1) is 15.2. The van der Waals surface area contributed by atoms with E-state index in [9.17, 15) is 13.5 Å². The SMILES string of the molecule is C[C@H](CCCC(C)(C)O)C1CCC2[C@@H]3CC=C4C[C@@H](OS(=O)(=O)O)CC[C@]4(C)[C@H]3CC[C@]12C. The van der Waals surface area contributed by atoms with Crippen molar-refractivity contribution in [3.05, 3.63) is 11.6 Å². The molecule has 3 fully saturated rings. The topological polar surface area (TPSA) is 83.8 Å². The smallest absolute Gasteiger partial charge is 0.390 e. The Labute approximate surface area is 201 Å². The van der Waals surface area contributed by atoms with Gasteiger partial charge in [-0.1, -0.05) is 45.3 Å². The first kappa shape index (κ1) is 25.7. The molecular formula is C27H46O5S. The summed E-state index contributed by atoms with van der Waals surface area (Å²) < 4.78 is 36.5. The van der Waals surface area contributed by atoms with Crippen LogP contribution in [0.15, 0.2) is 11.6 Å². The van der Waals surface area contributed by atoms with E-state index in [-0.39, 0.29) is 5.41 Å². The van der Waals surface area contributed by atoms with Gasteiger partial charge in [0.05, 0.1) is 11.7 Å². The third-order valence-corrected chi connectivity index (χ3v) is 11.0. The van der Waals surface area contributed by atoms with Crippen LogP contribution < -0.4 is 0 Å². The van der Waals surface area contributed by atoms with Gasteiger partial charge in [0.1, 0.15) is 0 Å². The highest BCUT2D eigenvalue weighted by atomic mass is 32.3. The molecule has 190 valence electrons. The summed E-state index contributed by atoms with van der Waals surface area (Å²) in [6.07, 6.45) is 13.8. The number of hydrogen-bond donors (Lipinski definition) is 2. The molecule has 5 nitrogen and oxygen atoms in total. The molecule has 0 amide bonds. The predicted molar refractivity (Wildman–Crippen MR) is 131 cm³/mol. The highest BCUT2D eigenvalue weighted by molar-refractivity contribution is 7.80. The Hall–Kier alpha value is -0.430. The van der Waals surface area contributed by atoms with Gasteiger partial charge in [-0.25, -0.2) is 4.18 Å². The van der Waals surface area contributed by atoms with Crippen molar-refractivity contribution in [2.24, 2.45) is 40.4 Å². The van der Waals surface area contributed by atoms with Crippen LogP contribution in [0.5, 0.6) is 0 Å². The molecule has 0 aromatic heterocycles. The van der Waals surface area contributed by atoms with Gasteiger partial charge in [0.25, 0.3) is 0 Å². The van der Waals surface area contributed by atoms with Gasteiger partial charge >= 0.3 is 10.4 Å². The minimum atomic E-state index is -4.40. The lowest BCUT2D eigenvalue weighted by Crippen LogP contribution is -2.51. The van der Waals surface area contributed by atoms with Gasteiger partial charge < -0.3 is 5.11 Å². The van der Waals surface area contributed by atoms with Crippen LogP contribution in [-0.4, -0.2) is 29.8 Å². The molecule has 6 heteroatoms. The highest BCUT2D eigenvalue weighted by Crippen LogP contribution is 2.67. The van der Waals surface area contributed by atoms with Crippen molar-refractivity contribution in [1.82, 2.24) is 0 Å². The molecule has 33 heavy (non-hydrogen) atoms. The van der Waals surface area contributed by atoms with Crippen LogP contribution >= 0.6 is 0 Å². The van der Waals surface area contributed by atoms with Crippen LogP contribution in [-0.2, 0) is 14.6 Å². The average molecular weight is 483 g/mol. The van der Waals surface area contributed by atoms with E-state index in [1.165, 1.54) is 37.7 Å². The molecule has 0 aliphatic heterocycles. The van der Waals surface area contributed by atoms with Crippen LogP contribution in [0.4, 0.5) is 0 Å². The Morgan fingerprint density at radius 1 is 1.15 bits per heavy atom. The molecule has 4 rings (SSSR count). The first-order valence-electron chi connectivity index (χ1n) is 13.3. The van der Waals surface area contributed by atoms with Gasteiger partial charge in [-0.2, -0.15) is 8.42 Å². The first-order valence-corrected chi connectivity index (χ1v) is 14.7. The van der Waals surface area contributed by atoms with Crippen molar-refractivity contribution < 1.29 is 22.3 Å². The van der Waals surface area contributed by atoms with Gasteiger partial charge in [-0.05, 0) is 112 Å². The minimum absolute atomic E-state index is 0.139. The second-order valence-corrected chi connectivity index (χ2v) is 14.1. The second kappa shape index (κ2) is 8.90. The largest absolute Gasteiger partial charge is 0.397 e. The summed E-state index contributed by atoms with van der Waals surface area (Å²) in [5.74, 6) is 3.66. The second-order valence-electron chi connectivity index (χ2n) is 13.1. The zero-order valence-corrected chi connectivity index (χ0v) is 22.2. The van der Waals surface area contributed by atoms with Gasteiger partial charge in [0.2, 0.25) is 0 Å². The summed E-state index contributed by atoms with van der Waals surface area (Å²) in [6.45, 7) is 11.3. The van der Waals surface area contributed by atoms with Crippen LogP contribution in [0.3, 0.4) is 0 Å². The standard InChI is InChI=1S/C27H46O5S/c1-18(7-6-14-25(2,3)28)22-10-11-23-21-9-8-19-17-20(32-33(29,30)31)12-15-26(19,4)24(21)13-16-27(22,23)5/h8,18,20-24,28H,6-7,9-17H2,1-5H3,(H,29,30,31)/t18-,20+,21+,22?,23?,24+,26+,27-/m1/s1. The Morgan fingerprint density at radius 3 is 2.55 bits per heavy atom. The van der Waals surface area contributed by atoms with Crippen LogP contribution in [0.2, 0.25) is 0 Å². The lowest BCUT2D eigenvalue weighted by molar-refractivity contribution is -0.0563. The molecule has 2 unspecified atom stereocenters. The fraction of sp³-hybridized carbons (Fsp3) is 0.926. The van der Waals surface area contributed by atoms with E-state index in [2.05, 4.69) is 26.8 Å². The van der Waals surface area contributed by atoms with Gasteiger partial charge in [-0.3, -0.25) is 4.55 Å². The van der Waals surface area contributed by atoms with Crippen molar-refractivity contribution in [3.8, 4) is 0 Å². The summed E-state index contributed by atoms with van der Waals surface area (Å²) in [5, 5.41) is 10.1. The monoisotopic (exact) mass is 482 g/mol. The molecule has 4 aliphatic rings. The molecule has 2 N–H and O–H groups in total. The molecule has 0 spiro atoms. The van der Waals surface area contributed by atoms with E-state index in [1.54, 1.807) is 0 Å². The molecule has 0 aromatic carbocycles. The third-order valence-electron chi connectivity index (χ3n) is 10.5. The maximum Gasteiger partial charge on any atom is 0.397 e. The molecule has 4 aliphatic carbocycles. The van der Waals surface area contributed by atoms with E-state index < -0.39 is 22.1 Å². The summed E-state index contributed by atoms with van der Waals surface area (Å²) in [4.78, 5) is 0. The van der Waals surface area contributed by atoms with Gasteiger partial charge in [0, 0.05) is 0 Å². The summed E-state index contributed by atoms with van der Waals surface area (Å²) >= 11 is 0. The molecule has 0 saturated heterocycles. The van der Waals surface area contributed by atoms with Crippen molar-refractivity contribution in [1.29, 1.82) is 0 Å². The van der Waals surface area contributed by atoms with Crippen LogP contribution in [0, 0.1) is 40.4 Å². The Bertz CT molecular complexity index is 858. The number of aliphatic hydroxyl groups is 1. The molecular weight excluding hydrogens is 436 g/mol. The van der Waals surface area contributed by atoms with E-state index in [0.29, 0.717) is 30.1 Å². The summed E-state index contributed by atoms with van der Waals surface area (Å²) in [5.41, 5.74) is 1.36. The lowest BCUT2D eigenvalue weighted by Gasteiger charge is -2.58. The normalized spacial score (nSPS) is 42.2. The summed E-state index contributed by atoms with van der Waals surface area (Å²) in [7, 11) is -4.40. The maximum atomic E-state index is 11.2. The maximum absolute atomic E-state index is 11.2. The molecule has 0 aromatic rings. The van der Waals surface area contributed by atoms with Crippen LogP contribution in [0.1, 0.15) is 105 Å². The van der Waals surface area contributed by atoms with E-state index in [4.69, 9.17) is 8.74 Å². The Kier molecular flexibility index (Phi) is 6.92. The molecule has 0 bridgehead atoms. The Balaban J connectivity index is 1.46. The fourth-order valence-electron chi connectivity index (χ4n) is 8.91. The lowest BCUT2D eigenvalue weighted by atomic mass is 9.47. The number of allylic oxidation sites excluding steroid dienone is 1. The third kappa shape index (κ3) is 5.10. The Morgan fingerprint density at radius 2 is 1.88 bits per heavy atom. The van der Waals surface area contributed by atoms with E-state index >= 15 is 0 Å². The van der Waals surface area contributed by atoms with Gasteiger partial charge in [0.15, 0.2) is 0 Å². The molecule has 3 saturated carbocycles.